The summed E-state index contributed by atoms with van der Waals surface area (Å²) in [5.41, 5.74) is 1.53. The number of unbranched alkanes of at least 4 members (excludes halogenated alkanes) is 2. The Morgan fingerprint density at radius 2 is 2.18 bits per heavy atom. The number of allylic oxidation sites excluding steroid dienone is 7. The molecule has 9 heteroatoms. The molecule has 0 aromatic carbocycles. The van der Waals surface area contributed by atoms with Gasteiger partial charge in [-0.25, -0.2) is 9.38 Å². The molecule has 0 aromatic rings. The number of nitrogens with zero attached hydrogens (tertiary/aromatic N) is 3. The van der Waals surface area contributed by atoms with Gasteiger partial charge in [0.05, 0.1) is 12.9 Å². The van der Waals surface area contributed by atoms with Crippen molar-refractivity contribution in [2.45, 2.75) is 44.4 Å². The van der Waals surface area contributed by atoms with Gasteiger partial charge in [-0.05, 0) is 67.4 Å². The molecule has 1 saturated heterocycles. The lowest BCUT2D eigenvalue weighted by molar-refractivity contribution is 0.120. The van der Waals surface area contributed by atoms with Crippen LogP contribution < -0.4 is 5.32 Å². The first-order chi connectivity index (χ1) is 19.1. The van der Waals surface area contributed by atoms with Gasteiger partial charge in [0.2, 0.25) is 0 Å². The molecule has 3 N–H and O–H groups in total. The fraction of sp³-hybridized carbons (Fsp3) is 0.400. The van der Waals surface area contributed by atoms with Gasteiger partial charge in [-0.2, -0.15) is 0 Å². The molecule has 0 radical (unpaired) electrons. The van der Waals surface area contributed by atoms with E-state index in [-0.39, 0.29) is 18.6 Å². The van der Waals surface area contributed by atoms with E-state index >= 15 is 0 Å². The molecule has 3 aliphatic rings. The predicted molar refractivity (Wildman–Crippen MR) is 157 cm³/mol. The van der Waals surface area contributed by atoms with Crippen LogP contribution in [0.1, 0.15) is 32.1 Å². The van der Waals surface area contributed by atoms with E-state index in [9.17, 15) is 9.50 Å². The number of halogens is 2. The highest BCUT2D eigenvalue weighted by atomic mass is 35.5. The molecular formula is C30H38ClFN4O3. The molecule has 210 valence electrons. The van der Waals surface area contributed by atoms with Gasteiger partial charge in [0.15, 0.2) is 12.1 Å². The summed E-state index contributed by atoms with van der Waals surface area (Å²) in [5, 5.41) is 24.5. The number of hydrogen-bond donors (Lipinski definition) is 3. The summed E-state index contributed by atoms with van der Waals surface area (Å²) >= 11 is 6.11. The van der Waals surface area contributed by atoms with Gasteiger partial charge in [0.1, 0.15) is 12.4 Å². The number of ether oxygens (including phenoxy) is 1. The molecule has 3 heterocycles. The molecular weight excluding hydrogens is 519 g/mol. The van der Waals surface area contributed by atoms with Crippen LogP contribution in [0.4, 0.5) is 4.39 Å². The van der Waals surface area contributed by atoms with Gasteiger partial charge in [-0.1, -0.05) is 42.8 Å². The smallest absolute Gasteiger partial charge is 0.188 e. The molecule has 3 atom stereocenters. The number of aliphatic imine (C=N–C) groups is 2. The monoisotopic (exact) mass is 556 g/mol. The van der Waals surface area contributed by atoms with Crippen molar-refractivity contribution in [2.75, 3.05) is 26.3 Å². The van der Waals surface area contributed by atoms with Crippen LogP contribution in [0.2, 0.25) is 0 Å². The summed E-state index contributed by atoms with van der Waals surface area (Å²) in [6.07, 6.45) is 22.1. The average Bonchev–Trinajstić information content (AvgIpc) is 3.45. The number of aliphatic hydroxyl groups excluding tert-OH is 2. The third kappa shape index (κ3) is 9.58. The average molecular weight is 557 g/mol. The van der Waals surface area contributed by atoms with Crippen molar-refractivity contribution in [3.63, 3.8) is 0 Å². The minimum absolute atomic E-state index is 0.0544. The van der Waals surface area contributed by atoms with Gasteiger partial charge >= 0.3 is 0 Å². The minimum atomic E-state index is -1.04. The summed E-state index contributed by atoms with van der Waals surface area (Å²) in [5.74, 6) is 1.46. The molecule has 7 nitrogen and oxygen atoms in total. The van der Waals surface area contributed by atoms with Crippen molar-refractivity contribution in [1.82, 2.24) is 10.2 Å². The second-order valence-corrected chi connectivity index (χ2v) is 9.66. The van der Waals surface area contributed by atoms with Crippen LogP contribution in [-0.2, 0) is 4.74 Å². The topological polar surface area (TPSA) is 89.7 Å². The standard InChI is InChI=1S/C30H38ClFN4O3/c1-2-26(11-7-16-32)36-28(12-4-3-5-19-37)33-18-14-23(9-6-13-29(36)38)27-21-24(22-35-27)30-34-17-8-10-25(31)15-20-39-30/h2,6-11,13-16,18,24,27,29,35,37-38H,1,3-5,12,17,19-22H2/b10-8-,13-6+,16-7+,18-14+,23-9+,25-15+,26-11+,33-28-,34-30-. The van der Waals surface area contributed by atoms with E-state index in [0.717, 1.165) is 37.3 Å². The normalized spacial score (nSPS) is 32.6. The maximum Gasteiger partial charge on any atom is 0.188 e. The Bertz CT molecular complexity index is 1100. The molecule has 0 amide bonds. The Morgan fingerprint density at radius 3 is 2.97 bits per heavy atom. The number of rotatable bonds is 10. The van der Waals surface area contributed by atoms with E-state index in [0.29, 0.717) is 48.9 Å². The molecule has 0 aliphatic carbocycles. The van der Waals surface area contributed by atoms with Crippen LogP contribution in [0.15, 0.2) is 106 Å². The van der Waals surface area contributed by atoms with Crippen molar-refractivity contribution in [3.05, 3.63) is 96.2 Å². The van der Waals surface area contributed by atoms with Crippen molar-refractivity contribution < 1.29 is 19.3 Å². The zero-order chi connectivity index (χ0) is 27.9. The highest BCUT2D eigenvalue weighted by molar-refractivity contribution is 6.31. The lowest BCUT2D eigenvalue weighted by atomic mass is 9.99. The Morgan fingerprint density at radius 1 is 1.31 bits per heavy atom. The maximum absolute atomic E-state index is 12.8. The van der Waals surface area contributed by atoms with Gasteiger partial charge in [0.25, 0.3) is 0 Å². The number of amidine groups is 1. The van der Waals surface area contributed by atoms with Crippen LogP contribution >= 0.6 is 11.6 Å². The Kier molecular flexibility index (Phi) is 13.2. The first kappa shape index (κ1) is 30.5. The molecule has 3 aliphatic heterocycles. The van der Waals surface area contributed by atoms with Gasteiger partial charge in [0, 0.05) is 48.5 Å². The van der Waals surface area contributed by atoms with Crippen LogP contribution in [-0.4, -0.2) is 65.4 Å². The summed E-state index contributed by atoms with van der Waals surface area (Å²) in [6.45, 7) is 5.58. The summed E-state index contributed by atoms with van der Waals surface area (Å²) in [4.78, 5) is 11.0. The van der Waals surface area contributed by atoms with Crippen LogP contribution in [0.3, 0.4) is 0 Å². The molecule has 3 rings (SSSR count). The van der Waals surface area contributed by atoms with E-state index in [1.54, 1.807) is 23.3 Å². The predicted octanol–water partition coefficient (Wildman–Crippen LogP) is 5.21. The molecule has 0 saturated carbocycles. The largest absolute Gasteiger partial charge is 0.476 e. The zero-order valence-electron chi connectivity index (χ0n) is 22.1. The fourth-order valence-electron chi connectivity index (χ4n) is 4.56. The molecule has 1 fully saturated rings. The fourth-order valence-corrected chi connectivity index (χ4v) is 4.71. The van der Waals surface area contributed by atoms with Crippen molar-refractivity contribution >= 4 is 23.3 Å². The maximum atomic E-state index is 12.8. The van der Waals surface area contributed by atoms with Gasteiger partial charge in [-0.15, -0.1) is 0 Å². The minimum Gasteiger partial charge on any atom is -0.476 e. The molecule has 3 unspecified atom stereocenters. The third-order valence-electron chi connectivity index (χ3n) is 6.51. The quantitative estimate of drug-likeness (QED) is 0.254. The Labute approximate surface area is 235 Å². The van der Waals surface area contributed by atoms with Crippen molar-refractivity contribution in [1.29, 1.82) is 0 Å². The third-order valence-corrected chi connectivity index (χ3v) is 6.79. The number of aliphatic hydroxyl groups is 2. The summed E-state index contributed by atoms with van der Waals surface area (Å²) in [7, 11) is 0. The molecule has 0 aromatic heterocycles. The number of nitrogens with one attached hydrogen (secondary N) is 1. The Balaban J connectivity index is 1.81. The highest BCUT2D eigenvalue weighted by Gasteiger charge is 2.30. The second kappa shape index (κ2) is 16.8. The van der Waals surface area contributed by atoms with Crippen LogP contribution in [0.5, 0.6) is 0 Å². The lowest BCUT2D eigenvalue weighted by Crippen LogP contribution is -2.38. The van der Waals surface area contributed by atoms with Crippen molar-refractivity contribution in [2.24, 2.45) is 15.9 Å². The van der Waals surface area contributed by atoms with Gasteiger partial charge in [-0.3, -0.25) is 9.89 Å². The lowest BCUT2D eigenvalue weighted by Gasteiger charge is -2.30. The number of hydrogen-bond acceptors (Lipinski definition) is 7. The molecule has 0 bridgehead atoms. The van der Waals surface area contributed by atoms with Crippen LogP contribution in [0.25, 0.3) is 0 Å². The second-order valence-electron chi connectivity index (χ2n) is 9.22. The van der Waals surface area contributed by atoms with E-state index in [4.69, 9.17) is 26.4 Å². The SMILES string of the molecule is C=C/C(=C\C=C\F)N1\C(CCCCCO)=N/C=C/C(C2CC(/C3=N/C/C=C\C(Cl)=C/CO3)CN2)=C\C=C\C1O. The highest BCUT2D eigenvalue weighted by Crippen LogP contribution is 2.25. The molecule has 0 spiro atoms. The van der Waals surface area contributed by atoms with Crippen molar-refractivity contribution in [3.8, 4) is 0 Å². The first-order valence-corrected chi connectivity index (χ1v) is 13.7. The summed E-state index contributed by atoms with van der Waals surface area (Å²) in [6, 6.07) is 0.0544. The summed E-state index contributed by atoms with van der Waals surface area (Å²) < 4.78 is 18.7. The first-order valence-electron chi connectivity index (χ1n) is 13.3. The van der Waals surface area contributed by atoms with E-state index in [2.05, 4.69) is 16.9 Å². The van der Waals surface area contributed by atoms with E-state index < -0.39 is 6.23 Å². The van der Waals surface area contributed by atoms with Gasteiger partial charge < -0.3 is 20.3 Å². The van der Waals surface area contributed by atoms with E-state index in [1.165, 1.54) is 12.2 Å². The van der Waals surface area contributed by atoms with E-state index in [1.807, 2.05) is 36.5 Å². The Hall–Kier alpha value is -3.04. The van der Waals surface area contributed by atoms with Crippen LogP contribution in [0, 0.1) is 5.92 Å². The zero-order valence-corrected chi connectivity index (χ0v) is 22.9. The molecule has 39 heavy (non-hydrogen) atoms.